The Hall–Kier alpha value is -0.860. The quantitative estimate of drug-likeness (QED) is 0.741. The molecule has 1 aromatic carbocycles. The van der Waals surface area contributed by atoms with E-state index in [-0.39, 0.29) is 0 Å². The average Bonchev–Trinajstić information content (AvgIpc) is 2.29. The van der Waals surface area contributed by atoms with Crippen molar-refractivity contribution in [2.75, 3.05) is 6.54 Å². The molecule has 0 saturated heterocycles. The van der Waals surface area contributed by atoms with Gasteiger partial charge in [-0.15, -0.1) is 0 Å². The molecule has 3 N–H and O–H groups in total. The molecular formula is C14H24N2. The number of unbranched alkanes of at least 4 members (excludes halogenated alkanes) is 1. The molecule has 2 nitrogen and oxygen atoms in total. The van der Waals surface area contributed by atoms with Crippen molar-refractivity contribution in [3.8, 4) is 0 Å². The summed E-state index contributed by atoms with van der Waals surface area (Å²) in [4.78, 5) is 0. The average molecular weight is 220 g/mol. The van der Waals surface area contributed by atoms with Gasteiger partial charge in [0.2, 0.25) is 0 Å². The molecule has 0 fully saturated rings. The first-order valence-electron chi connectivity index (χ1n) is 6.24. The molecule has 0 bridgehead atoms. The summed E-state index contributed by atoms with van der Waals surface area (Å²) in [6.45, 7) is 6.14. The van der Waals surface area contributed by atoms with Crippen LogP contribution in [0.2, 0.25) is 0 Å². The molecule has 16 heavy (non-hydrogen) atoms. The molecule has 0 aliphatic carbocycles. The summed E-state index contributed by atoms with van der Waals surface area (Å²) in [5.41, 5.74) is 8.62. The van der Waals surface area contributed by atoms with Gasteiger partial charge >= 0.3 is 0 Å². The number of rotatable bonds is 7. The first-order valence-corrected chi connectivity index (χ1v) is 6.24. The van der Waals surface area contributed by atoms with E-state index in [9.17, 15) is 0 Å². The maximum atomic E-state index is 5.99. The fraction of sp³-hybridized carbons (Fsp3) is 0.571. The van der Waals surface area contributed by atoms with Crippen molar-refractivity contribution >= 4 is 0 Å². The fourth-order valence-corrected chi connectivity index (χ4v) is 1.68. The van der Waals surface area contributed by atoms with Crippen molar-refractivity contribution in [1.29, 1.82) is 0 Å². The first kappa shape index (κ1) is 13.2. The van der Waals surface area contributed by atoms with Crippen LogP contribution < -0.4 is 11.1 Å². The normalized spacial score (nSPS) is 12.7. The number of hydrogen-bond donors (Lipinski definition) is 2. The number of benzene rings is 1. The Morgan fingerprint density at radius 3 is 2.56 bits per heavy atom. The Morgan fingerprint density at radius 1 is 1.25 bits per heavy atom. The third kappa shape index (κ3) is 5.29. The topological polar surface area (TPSA) is 38.0 Å². The molecule has 1 atom stereocenters. The van der Waals surface area contributed by atoms with Crippen LogP contribution in [0.1, 0.15) is 37.3 Å². The molecular weight excluding hydrogens is 196 g/mol. The summed E-state index contributed by atoms with van der Waals surface area (Å²) in [5, 5.41) is 3.40. The highest BCUT2D eigenvalue weighted by atomic mass is 14.9. The van der Waals surface area contributed by atoms with Crippen LogP contribution in [0.3, 0.4) is 0 Å². The predicted octanol–water partition coefficient (Wildman–Crippen LogP) is 2.60. The zero-order chi connectivity index (χ0) is 11.8. The second-order valence-corrected chi connectivity index (χ2v) is 4.52. The van der Waals surface area contributed by atoms with Gasteiger partial charge in [-0.2, -0.15) is 0 Å². The molecule has 0 aliphatic rings. The molecule has 1 rings (SSSR count). The second kappa shape index (κ2) is 7.42. The van der Waals surface area contributed by atoms with Gasteiger partial charge in [0, 0.05) is 19.1 Å². The van der Waals surface area contributed by atoms with Gasteiger partial charge in [0.25, 0.3) is 0 Å². The summed E-state index contributed by atoms with van der Waals surface area (Å²) < 4.78 is 0. The highest BCUT2D eigenvalue weighted by Crippen LogP contribution is 2.03. The van der Waals surface area contributed by atoms with Crippen LogP contribution in [0.15, 0.2) is 24.3 Å². The lowest BCUT2D eigenvalue weighted by molar-refractivity contribution is 0.524. The zero-order valence-electron chi connectivity index (χ0n) is 10.5. The molecule has 0 amide bonds. The Labute approximate surface area is 99.2 Å². The Morgan fingerprint density at radius 2 is 1.94 bits per heavy atom. The zero-order valence-corrected chi connectivity index (χ0v) is 10.5. The summed E-state index contributed by atoms with van der Waals surface area (Å²) in [7, 11) is 0. The summed E-state index contributed by atoms with van der Waals surface area (Å²) in [5.74, 6) is 0. The van der Waals surface area contributed by atoms with E-state index in [0.717, 1.165) is 19.5 Å². The van der Waals surface area contributed by atoms with Crippen molar-refractivity contribution in [2.24, 2.45) is 5.73 Å². The lowest BCUT2D eigenvalue weighted by Gasteiger charge is -2.12. The van der Waals surface area contributed by atoms with Crippen molar-refractivity contribution in [2.45, 2.75) is 45.7 Å². The van der Waals surface area contributed by atoms with Gasteiger partial charge in [0.05, 0.1) is 0 Å². The van der Waals surface area contributed by atoms with Gasteiger partial charge in [-0.3, -0.25) is 0 Å². The van der Waals surface area contributed by atoms with E-state index in [1.54, 1.807) is 0 Å². The molecule has 1 aromatic rings. The molecule has 0 saturated carbocycles. The highest BCUT2D eigenvalue weighted by Gasteiger charge is 2.00. The SMILES string of the molecule is CCCCC(N)CNCc1ccc(C)cc1. The third-order valence-corrected chi connectivity index (χ3v) is 2.78. The van der Waals surface area contributed by atoms with Gasteiger partial charge in [0.15, 0.2) is 0 Å². The number of nitrogens with two attached hydrogens (primary N) is 1. The van der Waals surface area contributed by atoms with Crippen LogP contribution in [0.25, 0.3) is 0 Å². The van der Waals surface area contributed by atoms with E-state index in [4.69, 9.17) is 5.73 Å². The first-order chi connectivity index (χ1) is 7.72. The number of nitrogens with one attached hydrogen (secondary N) is 1. The predicted molar refractivity (Wildman–Crippen MR) is 70.4 cm³/mol. The lowest BCUT2D eigenvalue weighted by Crippen LogP contribution is -2.33. The van der Waals surface area contributed by atoms with Gasteiger partial charge in [-0.25, -0.2) is 0 Å². The molecule has 0 aliphatic heterocycles. The van der Waals surface area contributed by atoms with Gasteiger partial charge in [-0.05, 0) is 18.9 Å². The monoisotopic (exact) mass is 220 g/mol. The lowest BCUT2D eigenvalue weighted by atomic mass is 10.1. The van der Waals surface area contributed by atoms with Crippen LogP contribution in [-0.2, 0) is 6.54 Å². The van der Waals surface area contributed by atoms with E-state index in [1.807, 2.05) is 0 Å². The van der Waals surface area contributed by atoms with Crippen molar-refractivity contribution in [3.05, 3.63) is 35.4 Å². The molecule has 2 heteroatoms. The minimum atomic E-state index is 0.297. The maximum absolute atomic E-state index is 5.99. The van der Waals surface area contributed by atoms with Gasteiger partial charge < -0.3 is 11.1 Å². The standard InChI is InChI=1S/C14H24N2/c1-3-4-5-14(15)11-16-10-13-8-6-12(2)7-9-13/h6-9,14,16H,3-5,10-11,15H2,1-2H3. The molecule has 0 radical (unpaired) electrons. The van der Waals surface area contributed by atoms with E-state index in [1.165, 1.54) is 24.0 Å². The Kier molecular flexibility index (Phi) is 6.12. The van der Waals surface area contributed by atoms with E-state index in [2.05, 4.69) is 43.4 Å². The van der Waals surface area contributed by atoms with Gasteiger partial charge in [-0.1, -0.05) is 49.6 Å². The molecule has 0 spiro atoms. The smallest absolute Gasteiger partial charge is 0.0206 e. The molecule has 90 valence electrons. The van der Waals surface area contributed by atoms with Crippen molar-refractivity contribution < 1.29 is 0 Å². The van der Waals surface area contributed by atoms with E-state index in [0.29, 0.717) is 6.04 Å². The van der Waals surface area contributed by atoms with Crippen LogP contribution in [-0.4, -0.2) is 12.6 Å². The third-order valence-electron chi connectivity index (χ3n) is 2.78. The van der Waals surface area contributed by atoms with E-state index >= 15 is 0 Å². The highest BCUT2D eigenvalue weighted by molar-refractivity contribution is 5.21. The van der Waals surface area contributed by atoms with Crippen LogP contribution in [0, 0.1) is 6.92 Å². The minimum absolute atomic E-state index is 0.297. The van der Waals surface area contributed by atoms with E-state index < -0.39 is 0 Å². The van der Waals surface area contributed by atoms with Crippen LogP contribution in [0.5, 0.6) is 0 Å². The second-order valence-electron chi connectivity index (χ2n) is 4.52. The van der Waals surface area contributed by atoms with Crippen LogP contribution in [0.4, 0.5) is 0 Å². The number of hydrogen-bond acceptors (Lipinski definition) is 2. The Balaban J connectivity index is 2.17. The van der Waals surface area contributed by atoms with Crippen molar-refractivity contribution in [3.63, 3.8) is 0 Å². The molecule has 1 unspecified atom stereocenters. The van der Waals surface area contributed by atoms with Crippen molar-refractivity contribution in [1.82, 2.24) is 5.32 Å². The fourth-order valence-electron chi connectivity index (χ4n) is 1.68. The summed E-state index contributed by atoms with van der Waals surface area (Å²) in [6.07, 6.45) is 3.58. The largest absolute Gasteiger partial charge is 0.327 e. The van der Waals surface area contributed by atoms with Crippen LogP contribution >= 0.6 is 0 Å². The summed E-state index contributed by atoms with van der Waals surface area (Å²) >= 11 is 0. The molecule has 0 aromatic heterocycles. The maximum Gasteiger partial charge on any atom is 0.0206 e. The Bertz CT molecular complexity index is 279. The minimum Gasteiger partial charge on any atom is -0.327 e. The summed E-state index contributed by atoms with van der Waals surface area (Å²) in [6, 6.07) is 8.92. The van der Waals surface area contributed by atoms with Gasteiger partial charge in [0.1, 0.15) is 0 Å². The number of aryl methyl sites for hydroxylation is 1. The molecule has 0 heterocycles.